The lowest BCUT2D eigenvalue weighted by Crippen LogP contribution is -2.42. The van der Waals surface area contributed by atoms with Crippen LogP contribution in [0.25, 0.3) is 0 Å². The molecule has 5 heteroatoms. The third-order valence-electron chi connectivity index (χ3n) is 5.10. The number of likely N-dealkylation sites (tertiary alicyclic amines) is 1. The van der Waals surface area contributed by atoms with E-state index in [-0.39, 0.29) is 17.8 Å². The molecule has 126 valence electrons. The Kier molecular flexibility index (Phi) is 6.68. The summed E-state index contributed by atoms with van der Waals surface area (Å²) in [6.45, 7) is 8.00. The molecule has 2 aliphatic rings. The van der Waals surface area contributed by atoms with Crippen LogP contribution < -0.4 is 5.32 Å². The summed E-state index contributed by atoms with van der Waals surface area (Å²) in [5, 5.41) is 3.42. The van der Waals surface area contributed by atoms with Gasteiger partial charge < -0.3 is 15.0 Å². The number of esters is 1. The highest BCUT2D eigenvalue weighted by Gasteiger charge is 2.30. The number of piperidine rings is 2. The summed E-state index contributed by atoms with van der Waals surface area (Å²) < 4.78 is 5.07. The Morgan fingerprint density at radius 2 is 2.00 bits per heavy atom. The molecule has 0 aromatic rings. The van der Waals surface area contributed by atoms with Crippen LogP contribution in [0.1, 0.15) is 46.0 Å². The molecule has 2 atom stereocenters. The van der Waals surface area contributed by atoms with Crippen molar-refractivity contribution in [2.75, 3.05) is 32.8 Å². The van der Waals surface area contributed by atoms with Gasteiger partial charge in [0.15, 0.2) is 0 Å². The van der Waals surface area contributed by atoms with Crippen molar-refractivity contribution < 1.29 is 14.3 Å². The van der Waals surface area contributed by atoms with E-state index in [1.807, 2.05) is 11.8 Å². The summed E-state index contributed by atoms with van der Waals surface area (Å²) in [5.41, 5.74) is 0. The van der Waals surface area contributed by atoms with Crippen LogP contribution in [-0.2, 0) is 14.3 Å². The van der Waals surface area contributed by atoms with E-state index in [4.69, 9.17) is 4.74 Å². The Morgan fingerprint density at radius 1 is 1.27 bits per heavy atom. The fourth-order valence-electron chi connectivity index (χ4n) is 3.56. The first kappa shape index (κ1) is 17.3. The number of hydrogen-bond acceptors (Lipinski definition) is 4. The van der Waals surface area contributed by atoms with Crippen LogP contribution >= 0.6 is 0 Å². The van der Waals surface area contributed by atoms with Crippen LogP contribution in [0, 0.1) is 17.8 Å². The molecule has 5 nitrogen and oxygen atoms in total. The predicted molar refractivity (Wildman–Crippen MR) is 85.3 cm³/mol. The zero-order valence-corrected chi connectivity index (χ0v) is 14.0. The Labute approximate surface area is 133 Å². The molecule has 0 aliphatic carbocycles. The van der Waals surface area contributed by atoms with Gasteiger partial charge in [-0.2, -0.15) is 0 Å². The maximum Gasteiger partial charge on any atom is 0.309 e. The number of ether oxygens (including phenoxy) is 1. The molecule has 0 saturated carbocycles. The highest BCUT2D eigenvalue weighted by atomic mass is 16.5. The first-order valence-corrected chi connectivity index (χ1v) is 8.77. The van der Waals surface area contributed by atoms with Gasteiger partial charge >= 0.3 is 5.97 Å². The average molecular weight is 310 g/mol. The van der Waals surface area contributed by atoms with Crippen LogP contribution in [0.15, 0.2) is 0 Å². The van der Waals surface area contributed by atoms with Crippen molar-refractivity contribution in [1.82, 2.24) is 10.2 Å². The monoisotopic (exact) mass is 310 g/mol. The zero-order valence-electron chi connectivity index (χ0n) is 14.0. The molecule has 2 fully saturated rings. The number of carbonyl (C=O) groups is 2. The quantitative estimate of drug-likeness (QED) is 0.787. The van der Waals surface area contributed by atoms with E-state index in [0.29, 0.717) is 38.0 Å². The Morgan fingerprint density at radius 3 is 2.59 bits per heavy atom. The van der Waals surface area contributed by atoms with E-state index >= 15 is 0 Å². The van der Waals surface area contributed by atoms with Crippen LogP contribution in [0.4, 0.5) is 0 Å². The minimum absolute atomic E-state index is 0.0241. The molecule has 2 heterocycles. The van der Waals surface area contributed by atoms with Gasteiger partial charge in [-0.15, -0.1) is 0 Å². The van der Waals surface area contributed by atoms with Gasteiger partial charge in [0, 0.05) is 19.5 Å². The molecular weight excluding hydrogens is 280 g/mol. The van der Waals surface area contributed by atoms with Crippen molar-refractivity contribution in [3.63, 3.8) is 0 Å². The normalized spacial score (nSPS) is 24.8. The lowest BCUT2D eigenvalue weighted by Gasteiger charge is -2.33. The van der Waals surface area contributed by atoms with E-state index < -0.39 is 0 Å². The number of amides is 1. The van der Waals surface area contributed by atoms with E-state index in [1.165, 1.54) is 12.8 Å². The van der Waals surface area contributed by atoms with Crippen LogP contribution in [0.3, 0.4) is 0 Å². The van der Waals surface area contributed by atoms with E-state index in [1.54, 1.807) is 0 Å². The lowest BCUT2D eigenvalue weighted by molar-refractivity contribution is -0.151. The maximum absolute atomic E-state index is 12.4. The van der Waals surface area contributed by atoms with Gasteiger partial charge in [0.25, 0.3) is 0 Å². The summed E-state index contributed by atoms with van der Waals surface area (Å²) >= 11 is 0. The van der Waals surface area contributed by atoms with Gasteiger partial charge in [-0.3, -0.25) is 9.59 Å². The molecule has 0 bridgehead atoms. The van der Waals surface area contributed by atoms with Crippen molar-refractivity contribution in [3.05, 3.63) is 0 Å². The van der Waals surface area contributed by atoms with E-state index in [0.717, 1.165) is 25.9 Å². The van der Waals surface area contributed by atoms with Gasteiger partial charge in [-0.05, 0) is 57.5 Å². The van der Waals surface area contributed by atoms with Gasteiger partial charge in [0.2, 0.25) is 5.91 Å². The Bertz CT molecular complexity index is 372. The molecule has 1 amide bonds. The molecule has 2 rings (SSSR count). The third kappa shape index (κ3) is 4.70. The van der Waals surface area contributed by atoms with Crippen molar-refractivity contribution in [3.8, 4) is 0 Å². The molecule has 1 N–H and O–H groups in total. The maximum atomic E-state index is 12.4. The van der Waals surface area contributed by atoms with Gasteiger partial charge in [-0.25, -0.2) is 0 Å². The summed E-state index contributed by atoms with van der Waals surface area (Å²) in [4.78, 5) is 26.1. The largest absolute Gasteiger partial charge is 0.466 e. The van der Waals surface area contributed by atoms with Gasteiger partial charge in [-0.1, -0.05) is 6.92 Å². The summed E-state index contributed by atoms with van der Waals surface area (Å²) in [5.74, 6) is 1.18. The number of rotatable bonds is 5. The van der Waals surface area contributed by atoms with Crippen LogP contribution in [-0.4, -0.2) is 49.6 Å². The molecular formula is C17H30N2O3. The summed E-state index contributed by atoms with van der Waals surface area (Å²) in [6, 6.07) is 0. The Hall–Kier alpha value is -1.10. The van der Waals surface area contributed by atoms with Crippen molar-refractivity contribution >= 4 is 11.9 Å². The topological polar surface area (TPSA) is 58.6 Å². The van der Waals surface area contributed by atoms with Gasteiger partial charge in [0.1, 0.15) is 0 Å². The third-order valence-corrected chi connectivity index (χ3v) is 5.10. The smallest absolute Gasteiger partial charge is 0.309 e. The number of carbonyl (C=O) groups excluding carboxylic acids is 2. The highest BCUT2D eigenvalue weighted by Crippen LogP contribution is 2.25. The number of nitrogens with one attached hydrogen (secondary N) is 1. The second kappa shape index (κ2) is 8.51. The number of nitrogens with zero attached hydrogens (tertiary/aromatic N) is 1. The fourth-order valence-corrected chi connectivity index (χ4v) is 3.56. The molecule has 2 unspecified atom stereocenters. The first-order chi connectivity index (χ1) is 10.6. The SMILES string of the molecule is CCOC(=O)C1CCN(C(=O)CC(C)C2CCCNC2)CC1. The lowest BCUT2D eigenvalue weighted by atomic mass is 9.85. The average Bonchev–Trinajstić information content (AvgIpc) is 2.56. The molecule has 22 heavy (non-hydrogen) atoms. The number of hydrogen-bond donors (Lipinski definition) is 1. The highest BCUT2D eigenvalue weighted by molar-refractivity contribution is 5.77. The standard InChI is InChI=1S/C17H30N2O3/c1-3-22-17(21)14-6-9-19(10-7-14)16(20)11-13(2)15-5-4-8-18-12-15/h13-15,18H,3-12H2,1-2H3. The summed E-state index contributed by atoms with van der Waals surface area (Å²) in [7, 11) is 0. The minimum Gasteiger partial charge on any atom is -0.466 e. The molecule has 2 saturated heterocycles. The fraction of sp³-hybridized carbons (Fsp3) is 0.882. The second-order valence-corrected chi connectivity index (χ2v) is 6.69. The van der Waals surface area contributed by atoms with Gasteiger partial charge in [0.05, 0.1) is 12.5 Å². The van der Waals surface area contributed by atoms with Crippen LogP contribution in [0.5, 0.6) is 0 Å². The molecule has 0 spiro atoms. The predicted octanol–water partition coefficient (Wildman–Crippen LogP) is 1.81. The van der Waals surface area contributed by atoms with Crippen molar-refractivity contribution in [1.29, 1.82) is 0 Å². The van der Waals surface area contributed by atoms with Crippen molar-refractivity contribution in [2.45, 2.75) is 46.0 Å². The zero-order chi connectivity index (χ0) is 15.9. The van der Waals surface area contributed by atoms with E-state index in [9.17, 15) is 9.59 Å². The molecule has 0 aromatic heterocycles. The first-order valence-electron chi connectivity index (χ1n) is 8.77. The second-order valence-electron chi connectivity index (χ2n) is 6.69. The van der Waals surface area contributed by atoms with Crippen LogP contribution in [0.2, 0.25) is 0 Å². The molecule has 2 aliphatic heterocycles. The minimum atomic E-state index is -0.101. The van der Waals surface area contributed by atoms with E-state index in [2.05, 4.69) is 12.2 Å². The molecule has 0 aromatic carbocycles. The summed E-state index contributed by atoms with van der Waals surface area (Å²) in [6.07, 6.45) is 4.56. The van der Waals surface area contributed by atoms with Crippen molar-refractivity contribution in [2.24, 2.45) is 17.8 Å². The Balaban J connectivity index is 1.73. The molecule has 0 radical (unpaired) electrons.